The summed E-state index contributed by atoms with van der Waals surface area (Å²) in [5, 5.41) is 33.8. The van der Waals surface area contributed by atoms with E-state index in [0.717, 1.165) is 0 Å². The minimum atomic E-state index is -5.68. The summed E-state index contributed by atoms with van der Waals surface area (Å²) in [4.78, 5) is 67.8. The molecular weight excluding hydrogens is 428 g/mol. The molecule has 0 aromatic rings. The summed E-state index contributed by atoms with van der Waals surface area (Å²) in [7, 11) is -11.4. The Labute approximate surface area is 143 Å². The van der Waals surface area contributed by atoms with Crippen LogP contribution >= 0.6 is 15.6 Å². The first-order valence-corrected chi connectivity index (χ1v) is 7.55. The minimum absolute atomic E-state index is 0. The van der Waals surface area contributed by atoms with Gasteiger partial charge in [-0.1, -0.05) is 0 Å². The molecule has 0 aliphatic heterocycles. The summed E-state index contributed by atoms with van der Waals surface area (Å²) in [6.07, 6.45) is -2.29. The Balaban J connectivity index is -0.000000162. The van der Waals surface area contributed by atoms with E-state index in [1.165, 1.54) is 0 Å². The van der Waals surface area contributed by atoms with E-state index in [1.54, 1.807) is 0 Å². The third-order valence-corrected chi connectivity index (χ3v) is 3.09. The van der Waals surface area contributed by atoms with E-state index in [-0.39, 0.29) is 23.2 Å². The summed E-state index contributed by atoms with van der Waals surface area (Å²) in [5.41, 5.74) is -2.74. The van der Waals surface area contributed by atoms with Gasteiger partial charge in [-0.05, 0) is 0 Å². The van der Waals surface area contributed by atoms with Crippen molar-refractivity contribution in [2.75, 3.05) is 0 Å². The van der Waals surface area contributed by atoms with Crippen LogP contribution in [0.25, 0.3) is 0 Å². The van der Waals surface area contributed by atoms with Gasteiger partial charge in [-0.3, -0.25) is 9.59 Å². The molecule has 0 fully saturated rings. The third-order valence-electron chi connectivity index (χ3n) is 1.49. The summed E-state index contributed by atoms with van der Waals surface area (Å²) in [5.74, 6) is -5.02. The van der Waals surface area contributed by atoms with Gasteiger partial charge >= 0.3 is 35.0 Å². The van der Waals surface area contributed by atoms with Crippen molar-refractivity contribution in [2.45, 2.75) is 18.4 Å². The van der Waals surface area contributed by atoms with Crippen LogP contribution < -0.4 is 25.7 Å². The van der Waals surface area contributed by atoms with E-state index in [9.17, 15) is 43.1 Å². The Hall–Kier alpha value is -0.891. The predicted octanol–water partition coefficient (Wildman–Crippen LogP) is -4.21. The van der Waals surface area contributed by atoms with Crippen molar-refractivity contribution < 1.29 is 84.9 Å². The Morgan fingerprint density at radius 3 is 1.21 bits per heavy atom. The Morgan fingerprint density at radius 2 is 1.12 bits per heavy atom. The molecule has 143 valence electrons. The molecule has 0 aliphatic rings. The molecule has 0 unspecified atom stereocenters. The van der Waals surface area contributed by atoms with E-state index < -0.39 is 52.0 Å². The van der Waals surface area contributed by atoms with Gasteiger partial charge in [-0.2, -0.15) is 0 Å². The molecule has 0 bridgehead atoms. The number of carboxylic acid groups (broad SMARTS) is 3. The van der Waals surface area contributed by atoms with Crippen molar-refractivity contribution in [1.29, 1.82) is 0 Å². The molecule has 0 amide bonds. The van der Waals surface area contributed by atoms with Gasteiger partial charge in [0.25, 0.3) is 0 Å². The van der Waals surface area contributed by atoms with E-state index in [1.807, 2.05) is 0 Å². The van der Waals surface area contributed by atoms with E-state index in [0.29, 0.717) is 0 Å². The van der Waals surface area contributed by atoms with E-state index in [4.69, 9.17) is 20.4 Å². The third kappa shape index (κ3) is 19.2. The van der Waals surface area contributed by atoms with Gasteiger partial charge in [-0.15, -0.1) is 0 Å². The Bertz CT molecular complexity index is 487. The quantitative estimate of drug-likeness (QED) is 0.185. The van der Waals surface area contributed by atoms with Gasteiger partial charge in [0.2, 0.25) is 0 Å². The fraction of sp³-hybridized carbons (Fsp3) is 0.500. The number of carboxylic acids is 3. The zero-order valence-corrected chi connectivity index (χ0v) is 14.4. The SMILES string of the molecule is O=C(O)CC(O)(CC(=O)O)C(=O)O.O=P([O-])([O-])OP(=O)([O-])[O-].[Fe+3].[NH4+]. The number of hydrogen-bond donors (Lipinski definition) is 5. The maximum Gasteiger partial charge on any atom is 3.00 e. The second-order valence-corrected chi connectivity index (χ2v) is 5.90. The monoisotopic (exact) mass is 440 g/mol. The molecule has 18 heteroatoms. The van der Waals surface area contributed by atoms with Crippen LogP contribution in [0.15, 0.2) is 0 Å². The second-order valence-electron chi connectivity index (χ2n) is 3.45. The molecular formula is C6H12FeNO14P2. The maximum atomic E-state index is 10.3. The number of hydrogen-bond acceptors (Lipinski definition) is 11. The predicted molar refractivity (Wildman–Crippen MR) is 59.4 cm³/mol. The van der Waals surface area contributed by atoms with Crippen LogP contribution in [-0.4, -0.2) is 43.9 Å². The number of carbonyl (C=O) groups is 3. The molecule has 0 aromatic carbocycles. The van der Waals surface area contributed by atoms with Gasteiger partial charge in [0.1, 0.15) is 0 Å². The molecule has 0 rings (SSSR count). The van der Waals surface area contributed by atoms with Crippen LogP contribution in [-0.2, 0) is 44.9 Å². The normalized spacial score (nSPS) is 11.0. The van der Waals surface area contributed by atoms with Gasteiger partial charge in [0, 0.05) is 0 Å². The number of rotatable bonds is 7. The van der Waals surface area contributed by atoms with Gasteiger partial charge < -0.3 is 59.6 Å². The molecule has 1 radical (unpaired) electrons. The van der Waals surface area contributed by atoms with Crippen molar-refractivity contribution in [3.63, 3.8) is 0 Å². The molecule has 0 aromatic heterocycles. The van der Waals surface area contributed by atoms with Crippen LogP contribution in [0.1, 0.15) is 12.8 Å². The van der Waals surface area contributed by atoms with Crippen molar-refractivity contribution in [3.8, 4) is 0 Å². The first-order valence-electron chi connectivity index (χ1n) is 4.63. The van der Waals surface area contributed by atoms with Crippen LogP contribution in [0.2, 0.25) is 0 Å². The standard InChI is InChI=1S/C6H8O7.Fe.H3N.H4O7P2/c7-3(8)1-6(13,5(11)12)2-4(9)10;;;1-8(2,3)7-9(4,5)6/h13H,1-2H2,(H,7,8)(H,9,10)(H,11,12);;1H3;(H2,1,2,3)(H2,4,5,6)/q;+3;;/p-3. The van der Waals surface area contributed by atoms with Crippen LogP contribution in [0.3, 0.4) is 0 Å². The second kappa shape index (κ2) is 11.6. The van der Waals surface area contributed by atoms with Crippen LogP contribution in [0, 0.1) is 0 Å². The molecule has 0 saturated carbocycles. The molecule has 0 atom stereocenters. The fourth-order valence-corrected chi connectivity index (χ4v) is 1.82. The van der Waals surface area contributed by atoms with E-state index >= 15 is 0 Å². The molecule has 0 spiro atoms. The zero-order valence-electron chi connectivity index (χ0n) is 11.5. The topological polar surface area (TPSA) is 304 Å². The summed E-state index contributed by atoms with van der Waals surface area (Å²) < 4.78 is 21.2. The van der Waals surface area contributed by atoms with Crippen LogP contribution in [0.5, 0.6) is 0 Å². The van der Waals surface area contributed by atoms with Crippen molar-refractivity contribution in [1.82, 2.24) is 6.15 Å². The van der Waals surface area contributed by atoms with Gasteiger partial charge in [-0.25, -0.2) is 4.79 Å². The van der Waals surface area contributed by atoms with Crippen molar-refractivity contribution in [3.05, 3.63) is 0 Å². The van der Waals surface area contributed by atoms with Crippen molar-refractivity contribution in [2.24, 2.45) is 0 Å². The Kier molecular flexibility index (Phi) is 15.0. The average Bonchev–Trinajstić information content (AvgIpc) is 2.08. The number of phosphoric acid groups is 2. The maximum absolute atomic E-state index is 10.3. The van der Waals surface area contributed by atoms with Gasteiger partial charge in [0.15, 0.2) is 5.60 Å². The smallest absolute Gasteiger partial charge is 0.790 e. The number of aliphatic hydroxyl groups is 1. The first-order chi connectivity index (χ1) is 9.48. The zero-order chi connectivity index (χ0) is 18.4. The first kappa shape index (κ1) is 30.9. The average molecular weight is 440 g/mol. The van der Waals surface area contributed by atoms with Crippen LogP contribution in [0.4, 0.5) is 0 Å². The largest absolute Gasteiger partial charge is 3.00 e. The molecule has 0 aliphatic carbocycles. The summed E-state index contributed by atoms with van der Waals surface area (Å²) >= 11 is 0. The number of aliphatic carboxylic acids is 3. The molecule has 0 heterocycles. The summed E-state index contributed by atoms with van der Waals surface area (Å²) in [6.45, 7) is 0. The fourth-order valence-electron chi connectivity index (χ4n) is 0.837. The summed E-state index contributed by atoms with van der Waals surface area (Å²) in [6, 6.07) is 0. The molecule has 15 nitrogen and oxygen atoms in total. The molecule has 24 heavy (non-hydrogen) atoms. The Morgan fingerprint density at radius 1 is 0.875 bits per heavy atom. The van der Waals surface area contributed by atoms with Gasteiger partial charge in [0.05, 0.1) is 28.5 Å². The minimum Gasteiger partial charge on any atom is -0.790 e. The number of quaternary nitrogens is 1. The molecule has 0 saturated heterocycles. The van der Waals surface area contributed by atoms with E-state index in [2.05, 4.69) is 4.31 Å². The van der Waals surface area contributed by atoms with Crippen molar-refractivity contribution >= 4 is 33.6 Å². The molecule has 8 N–H and O–H groups in total.